The van der Waals surface area contributed by atoms with Crippen molar-refractivity contribution < 1.29 is 9.66 Å². The van der Waals surface area contributed by atoms with Crippen LogP contribution in [0.3, 0.4) is 0 Å². The van der Waals surface area contributed by atoms with Crippen molar-refractivity contribution in [2.45, 2.75) is 32.8 Å². The van der Waals surface area contributed by atoms with Crippen LogP contribution in [0.1, 0.15) is 25.5 Å². The van der Waals surface area contributed by atoms with E-state index in [0.29, 0.717) is 24.0 Å². The maximum absolute atomic E-state index is 11.1. The van der Waals surface area contributed by atoms with Gasteiger partial charge in [-0.15, -0.1) is 0 Å². The number of nitrogens with one attached hydrogen (secondary N) is 1. The van der Waals surface area contributed by atoms with E-state index in [2.05, 4.69) is 17.3 Å². The Morgan fingerprint density at radius 3 is 3.00 bits per heavy atom. The first-order valence-corrected chi connectivity index (χ1v) is 6.58. The second kappa shape index (κ2) is 5.56. The van der Waals surface area contributed by atoms with Crippen LogP contribution in [-0.2, 0) is 11.8 Å². The molecule has 1 aromatic heterocycles. The monoisotopic (exact) mass is 268 g/mol. The summed E-state index contributed by atoms with van der Waals surface area (Å²) in [4.78, 5) is 10.7. The molecule has 106 valence electrons. The number of nitro groups is 1. The van der Waals surface area contributed by atoms with E-state index in [-0.39, 0.29) is 16.7 Å². The van der Waals surface area contributed by atoms with Crippen molar-refractivity contribution in [3.63, 3.8) is 0 Å². The minimum Gasteiger partial charge on any atom is -0.378 e. The predicted molar refractivity (Wildman–Crippen MR) is 71.2 cm³/mol. The zero-order valence-electron chi connectivity index (χ0n) is 11.5. The van der Waals surface area contributed by atoms with Crippen molar-refractivity contribution in [2.75, 3.05) is 18.5 Å². The molecule has 0 spiro atoms. The molecule has 0 bridgehead atoms. The number of rotatable bonds is 5. The van der Waals surface area contributed by atoms with E-state index in [1.165, 1.54) is 4.68 Å². The quantitative estimate of drug-likeness (QED) is 0.651. The van der Waals surface area contributed by atoms with Gasteiger partial charge in [0, 0.05) is 26.1 Å². The summed E-state index contributed by atoms with van der Waals surface area (Å²) in [6, 6.07) is 0. The summed E-state index contributed by atoms with van der Waals surface area (Å²) in [5, 5.41) is 18.3. The molecule has 0 amide bonds. The van der Waals surface area contributed by atoms with Crippen LogP contribution >= 0.6 is 0 Å². The van der Waals surface area contributed by atoms with Crippen molar-refractivity contribution in [1.82, 2.24) is 9.78 Å². The average molecular weight is 268 g/mol. The molecule has 0 saturated carbocycles. The van der Waals surface area contributed by atoms with Gasteiger partial charge in [-0.25, -0.2) is 4.68 Å². The minimum atomic E-state index is -0.382. The van der Waals surface area contributed by atoms with Crippen molar-refractivity contribution in [1.29, 1.82) is 0 Å². The van der Waals surface area contributed by atoms with Gasteiger partial charge in [0.1, 0.15) is 5.69 Å². The van der Waals surface area contributed by atoms with Crippen LogP contribution in [0.5, 0.6) is 0 Å². The van der Waals surface area contributed by atoms with Gasteiger partial charge in [-0.1, -0.05) is 6.92 Å². The highest BCUT2D eigenvalue weighted by Crippen LogP contribution is 2.29. The third kappa shape index (κ3) is 2.70. The second-order valence-corrected chi connectivity index (χ2v) is 4.91. The van der Waals surface area contributed by atoms with Crippen LogP contribution < -0.4 is 5.32 Å². The number of aryl methyl sites for hydroxylation is 2. The number of aromatic nitrogens is 2. The lowest BCUT2D eigenvalue weighted by Gasteiger charge is -2.17. The molecule has 2 unspecified atom stereocenters. The molecule has 0 aromatic carbocycles. The van der Waals surface area contributed by atoms with Gasteiger partial charge in [0.15, 0.2) is 0 Å². The van der Waals surface area contributed by atoms with Crippen molar-refractivity contribution >= 4 is 11.5 Å². The molecule has 1 aliphatic heterocycles. The van der Waals surface area contributed by atoms with Gasteiger partial charge >= 0.3 is 5.69 Å². The third-order valence-electron chi connectivity index (χ3n) is 3.65. The molecular weight excluding hydrogens is 248 g/mol. The number of ether oxygens (including phenoxy) is 1. The van der Waals surface area contributed by atoms with Gasteiger partial charge < -0.3 is 10.1 Å². The van der Waals surface area contributed by atoms with E-state index >= 15 is 0 Å². The minimum absolute atomic E-state index is 0.0643. The first-order valence-electron chi connectivity index (χ1n) is 6.58. The molecule has 1 saturated heterocycles. The molecule has 0 radical (unpaired) electrons. The van der Waals surface area contributed by atoms with E-state index in [0.717, 1.165) is 19.4 Å². The lowest BCUT2D eigenvalue weighted by atomic mass is 10.00. The maximum atomic E-state index is 11.1. The Labute approximate surface area is 112 Å². The Morgan fingerprint density at radius 1 is 1.63 bits per heavy atom. The fraction of sp³-hybridized carbons (Fsp3) is 0.750. The standard InChI is InChI=1S/C12H20N4O3/c1-4-10-9(5-6-19-10)7-13-12-11(16(17)18)8(2)14-15(12)3/h9-10,13H,4-7H2,1-3H3. The normalized spacial score (nSPS) is 22.7. The fourth-order valence-corrected chi connectivity index (χ4v) is 2.67. The topological polar surface area (TPSA) is 82.2 Å². The molecule has 1 aliphatic rings. The third-order valence-corrected chi connectivity index (χ3v) is 3.65. The van der Waals surface area contributed by atoms with Gasteiger partial charge in [-0.05, 0) is 19.8 Å². The van der Waals surface area contributed by atoms with Crippen LogP contribution in [0.15, 0.2) is 0 Å². The molecule has 1 aromatic rings. The van der Waals surface area contributed by atoms with E-state index in [1.807, 2.05) is 0 Å². The Hall–Kier alpha value is -1.63. The lowest BCUT2D eigenvalue weighted by molar-refractivity contribution is -0.384. The Kier molecular flexibility index (Phi) is 4.04. The highest BCUT2D eigenvalue weighted by atomic mass is 16.6. The highest BCUT2D eigenvalue weighted by molar-refractivity contribution is 5.59. The second-order valence-electron chi connectivity index (χ2n) is 4.91. The molecule has 7 nitrogen and oxygen atoms in total. The van der Waals surface area contributed by atoms with E-state index in [4.69, 9.17) is 4.74 Å². The van der Waals surface area contributed by atoms with E-state index < -0.39 is 0 Å². The molecule has 0 aliphatic carbocycles. The van der Waals surface area contributed by atoms with Crippen LogP contribution in [0.2, 0.25) is 0 Å². The van der Waals surface area contributed by atoms with Gasteiger partial charge in [0.05, 0.1) is 11.0 Å². The number of nitrogens with zero attached hydrogens (tertiary/aromatic N) is 3. The molecule has 19 heavy (non-hydrogen) atoms. The lowest BCUT2D eigenvalue weighted by Crippen LogP contribution is -2.23. The Bertz CT molecular complexity index is 472. The highest BCUT2D eigenvalue weighted by Gasteiger charge is 2.29. The zero-order valence-corrected chi connectivity index (χ0v) is 11.5. The summed E-state index contributed by atoms with van der Waals surface area (Å²) in [5.74, 6) is 0.879. The first-order chi connectivity index (χ1) is 9.04. The van der Waals surface area contributed by atoms with Crippen LogP contribution in [0.4, 0.5) is 11.5 Å². The number of hydrogen-bond donors (Lipinski definition) is 1. The summed E-state index contributed by atoms with van der Waals surface area (Å²) in [7, 11) is 1.71. The van der Waals surface area contributed by atoms with Gasteiger partial charge in [0.25, 0.3) is 0 Å². The first kappa shape index (κ1) is 13.8. The summed E-state index contributed by atoms with van der Waals surface area (Å²) in [5.41, 5.74) is 0.499. The van der Waals surface area contributed by atoms with Gasteiger partial charge in [0.2, 0.25) is 5.82 Å². The molecular formula is C12H20N4O3. The molecule has 2 heterocycles. The predicted octanol–water partition coefficient (Wildman–Crippen LogP) is 1.86. The Morgan fingerprint density at radius 2 is 2.37 bits per heavy atom. The number of hydrogen-bond acceptors (Lipinski definition) is 5. The zero-order chi connectivity index (χ0) is 14.0. The largest absolute Gasteiger partial charge is 0.378 e. The van der Waals surface area contributed by atoms with Crippen molar-refractivity contribution in [3.05, 3.63) is 15.8 Å². The maximum Gasteiger partial charge on any atom is 0.333 e. The van der Waals surface area contributed by atoms with Crippen LogP contribution in [0.25, 0.3) is 0 Å². The van der Waals surface area contributed by atoms with E-state index in [9.17, 15) is 10.1 Å². The van der Waals surface area contributed by atoms with E-state index in [1.54, 1.807) is 14.0 Å². The van der Waals surface area contributed by atoms with Crippen molar-refractivity contribution in [3.8, 4) is 0 Å². The van der Waals surface area contributed by atoms with Crippen molar-refractivity contribution in [2.24, 2.45) is 13.0 Å². The molecule has 1 fully saturated rings. The molecule has 1 N–H and O–H groups in total. The van der Waals surface area contributed by atoms with Gasteiger partial charge in [-0.3, -0.25) is 10.1 Å². The number of anilines is 1. The smallest absolute Gasteiger partial charge is 0.333 e. The molecule has 7 heteroatoms. The summed E-state index contributed by atoms with van der Waals surface area (Å²) >= 11 is 0. The molecule has 2 rings (SSSR count). The van der Waals surface area contributed by atoms with Crippen LogP contribution in [0, 0.1) is 23.0 Å². The summed E-state index contributed by atoms with van der Waals surface area (Å²) in [6.45, 7) is 5.20. The molecule has 2 atom stereocenters. The summed E-state index contributed by atoms with van der Waals surface area (Å²) < 4.78 is 7.15. The Balaban J connectivity index is 2.09. The SMILES string of the molecule is CCC1OCCC1CNc1c([N+](=O)[O-])c(C)nn1C. The average Bonchev–Trinajstić information content (AvgIpc) is 2.90. The summed E-state index contributed by atoms with van der Waals surface area (Å²) in [6.07, 6.45) is 2.22. The van der Waals surface area contributed by atoms with Crippen LogP contribution in [-0.4, -0.2) is 34.0 Å². The fourth-order valence-electron chi connectivity index (χ4n) is 2.67. The van der Waals surface area contributed by atoms with Gasteiger partial charge in [-0.2, -0.15) is 5.10 Å².